The summed E-state index contributed by atoms with van der Waals surface area (Å²) in [6, 6.07) is 9.24. The quantitative estimate of drug-likeness (QED) is 0.320. The largest absolute Gasteiger partial charge is 0.508 e. The first-order valence-electron chi connectivity index (χ1n) is 9.35. The van der Waals surface area contributed by atoms with Crippen LogP contribution < -0.4 is 10.2 Å². The molecule has 2 aromatic carbocycles. The Kier molecular flexibility index (Phi) is 5.48. The standard InChI is InChI=1S/C21H18O11/c22-9-3-1-8(2-4-9)13-7-12(24)15-11(23)5-10(6-14(15)31-13)30-21-18(27)16(25)17(26)19(32-21)20(28)29/h1-7,16-19,21-23,25-27H,(H,28,29)/t16-,17-,18+,19-,21-/m0/s1. The fraction of sp³-hybridized carbons (Fsp3) is 0.238. The Balaban J connectivity index is 1.71. The minimum absolute atomic E-state index is 0.0169. The number of carboxylic acids is 1. The van der Waals surface area contributed by atoms with Crippen LogP contribution in [0.1, 0.15) is 0 Å². The molecule has 0 saturated carbocycles. The molecule has 2 heterocycles. The number of aliphatic hydroxyl groups is 3. The molecule has 0 unspecified atom stereocenters. The van der Waals surface area contributed by atoms with Gasteiger partial charge in [-0.2, -0.15) is 0 Å². The second-order valence-electron chi connectivity index (χ2n) is 7.19. The number of carboxylic acid groups (broad SMARTS) is 1. The molecule has 11 nitrogen and oxygen atoms in total. The number of hydrogen-bond acceptors (Lipinski definition) is 10. The molecule has 6 N–H and O–H groups in total. The zero-order valence-corrected chi connectivity index (χ0v) is 16.2. The van der Waals surface area contributed by atoms with Crippen molar-refractivity contribution in [2.75, 3.05) is 0 Å². The molecule has 0 radical (unpaired) electrons. The summed E-state index contributed by atoms with van der Waals surface area (Å²) in [6.07, 6.45) is -9.15. The van der Waals surface area contributed by atoms with E-state index in [1.165, 1.54) is 30.3 Å². The first kappa shape index (κ1) is 21.6. The highest BCUT2D eigenvalue weighted by atomic mass is 16.7. The minimum Gasteiger partial charge on any atom is -0.508 e. The number of carbonyl (C=O) groups is 1. The van der Waals surface area contributed by atoms with Crippen LogP contribution in [-0.4, -0.2) is 67.3 Å². The first-order chi connectivity index (χ1) is 15.2. The number of ether oxygens (including phenoxy) is 2. The fourth-order valence-corrected chi connectivity index (χ4v) is 3.36. The number of benzene rings is 2. The third-order valence-corrected chi connectivity index (χ3v) is 5.00. The van der Waals surface area contributed by atoms with Crippen LogP contribution in [0.15, 0.2) is 51.7 Å². The normalized spacial score (nSPS) is 25.5. The van der Waals surface area contributed by atoms with Crippen LogP contribution in [0.2, 0.25) is 0 Å². The molecule has 0 spiro atoms. The summed E-state index contributed by atoms with van der Waals surface area (Å²) < 4.78 is 16.1. The van der Waals surface area contributed by atoms with Crippen LogP contribution >= 0.6 is 0 Å². The Labute approximate surface area is 178 Å². The van der Waals surface area contributed by atoms with E-state index in [9.17, 15) is 35.1 Å². The summed E-state index contributed by atoms with van der Waals surface area (Å²) >= 11 is 0. The average Bonchev–Trinajstić information content (AvgIpc) is 2.73. The average molecular weight is 446 g/mol. The number of aliphatic carboxylic acids is 1. The van der Waals surface area contributed by atoms with Gasteiger partial charge in [0.1, 0.15) is 52.3 Å². The number of phenolic OH excluding ortho intramolecular Hbond substituents is 2. The molecule has 3 aromatic rings. The summed E-state index contributed by atoms with van der Waals surface area (Å²) in [5.41, 5.74) is -0.173. The summed E-state index contributed by atoms with van der Waals surface area (Å²) in [4.78, 5) is 23.7. The van der Waals surface area contributed by atoms with Crippen molar-refractivity contribution in [1.29, 1.82) is 0 Å². The van der Waals surface area contributed by atoms with E-state index < -0.39 is 47.9 Å². The number of aliphatic hydroxyl groups excluding tert-OH is 3. The zero-order valence-electron chi connectivity index (χ0n) is 16.2. The Hall–Kier alpha value is -3.64. The van der Waals surface area contributed by atoms with Gasteiger partial charge in [0.2, 0.25) is 6.29 Å². The van der Waals surface area contributed by atoms with Crippen molar-refractivity contribution >= 4 is 16.9 Å². The second-order valence-corrected chi connectivity index (χ2v) is 7.19. The molecule has 0 amide bonds. The van der Waals surface area contributed by atoms with Crippen molar-refractivity contribution in [2.24, 2.45) is 0 Å². The highest BCUT2D eigenvalue weighted by molar-refractivity contribution is 5.86. The molecular formula is C21H18O11. The molecule has 0 aliphatic carbocycles. The van der Waals surface area contributed by atoms with E-state index in [1.54, 1.807) is 0 Å². The van der Waals surface area contributed by atoms with Crippen LogP contribution in [0.5, 0.6) is 17.2 Å². The fourth-order valence-electron chi connectivity index (χ4n) is 3.36. The van der Waals surface area contributed by atoms with Crippen LogP contribution in [-0.2, 0) is 9.53 Å². The Morgan fingerprint density at radius 1 is 0.938 bits per heavy atom. The molecule has 11 heteroatoms. The lowest BCUT2D eigenvalue weighted by Crippen LogP contribution is -2.61. The second kappa shape index (κ2) is 8.13. The van der Waals surface area contributed by atoms with Gasteiger partial charge in [-0.25, -0.2) is 4.79 Å². The Morgan fingerprint density at radius 3 is 2.28 bits per heavy atom. The lowest BCUT2D eigenvalue weighted by Gasteiger charge is -2.38. The van der Waals surface area contributed by atoms with Crippen LogP contribution in [0.4, 0.5) is 0 Å². The van der Waals surface area contributed by atoms with E-state index in [0.29, 0.717) is 5.56 Å². The SMILES string of the molecule is O=C(O)[C@H]1O[C@H](Oc2cc(O)c3c(=O)cc(-c4ccc(O)cc4)oc3c2)[C@H](O)[C@@H](O)[C@@H]1O. The number of fused-ring (bicyclic) bond motifs is 1. The van der Waals surface area contributed by atoms with Crippen molar-refractivity contribution in [1.82, 2.24) is 0 Å². The van der Waals surface area contributed by atoms with Gasteiger partial charge in [-0.1, -0.05) is 0 Å². The van der Waals surface area contributed by atoms with Gasteiger partial charge in [-0.3, -0.25) is 4.79 Å². The summed E-state index contributed by atoms with van der Waals surface area (Å²) in [7, 11) is 0. The van der Waals surface area contributed by atoms with Crippen molar-refractivity contribution < 1.29 is 49.3 Å². The smallest absolute Gasteiger partial charge is 0.335 e. The molecule has 1 aliphatic rings. The first-order valence-corrected chi connectivity index (χ1v) is 9.35. The molecule has 168 valence electrons. The third kappa shape index (κ3) is 3.85. The predicted molar refractivity (Wildman–Crippen MR) is 106 cm³/mol. The maximum absolute atomic E-state index is 12.5. The van der Waals surface area contributed by atoms with Gasteiger partial charge < -0.3 is 44.5 Å². The highest BCUT2D eigenvalue weighted by Crippen LogP contribution is 2.33. The molecule has 1 aliphatic heterocycles. The summed E-state index contributed by atoms with van der Waals surface area (Å²) in [5.74, 6) is -2.11. The molecule has 4 rings (SSSR count). The Bertz CT molecular complexity index is 1220. The molecule has 32 heavy (non-hydrogen) atoms. The van der Waals surface area contributed by atoms with Crippen molar-refractivity contribution in [3.05, 3.63) is 52.7 Å². The van der Waals surface area contributed by atoms with E-state index in [-0.39, 0.29) is 28.2 Å². The maximum Gasteiger partial charge on any atom is 0.335 e. The maximum atomic E-state index is 12.5. The van der Waals surface area contributed by atoms with Gasteiger partial charge in [0.15, 0.2) is 11.5 Å². The van der Waals surface area contributed by atoms with Crippen LogP contribution in [0.3, 0.4) is 0 Å². The lowest BCUT2D eigenvalue weighted by molar-refractivity contribution is -0.271. The minimum atomic E-state index is -1.89. The van der Waals surface area contributed by atoms with Crippen LogP contribution in [0, 0.1) is 0 Å². The molecule has 5 atom stereocenters. The van der Waals surface area contributed by atoms with Gasteiger partial charge in [-0.15, -0.1) is 0 Å². The molecule has 1 aromatic heterocycles. The van der Waals surface area contributed by atoms with E-state index in [0.717, 1.165) is 12.1 Å². The van der Waals surface area contributed by atoms with E-state index in [4.69, 9.17) is 19.0 Å². The monoisotopic (exact) mass is 446 g/mol. The van der Waals surface area contributed by atoms with Gasteiger partial charge in [0, 0.05) is 23.8 Å². The van der Waals surface area contributed by atoms with Crippen molar-refractivity contribution in [3.63, 3.8) is 0 Å². The molecule has 0 bridgehead atoms. The van der Waals surface area contributed by atoms with Crippen molar-refractivity contribution in [2.45, 2.75) is 30.7 Å². The number of hydrogen-bond donors (Lipinski definition) is 6. The Morgan fingerprint density at radius 2 is 1.62 bits per heavy atom. The number of phenols is 2. The van der Waals surface area contributed by atoms with Gasteiger partial charge >= 0.3 is 5.97 Å². The highest BCUT2D eigenvalue weighted by Gasteiger charge is 2.48. The molecule has 1 fully saturated rings. The summed E-state index contributed by atoms with van der Waals surface area (Å²) in [5, 5.41) is 58.5. The molecule has 1 saturated heterocycles. The zero-order chi connectivity index (χ0) is 23.2. The summed E-state index contributed by atoms with van der Waals surface area (Å²) in [6.45, 7) is 0. The van der Waals surface area contributed by atoms with Crippen molar-refractivity contribution in [3.8, 4) is 28.6 Å². The van der Waals surface area contributed by atoms with E-state index in [2.05, 4.69) is 0 Å². The number of rotatable bonds is 4. The van der Waals surface area contributed by atoms with Gasteiger partial charge in [0.05, 0.1) is 0 Å². The molecular weight excluding hydrogens is 428 g/mol. The lowest BCUT2D eigenvalue weighted by atomic mass is 9.99. The third-order valence-electron chi connectivity index (χ3n) is 5.00. The number of aromatic hydroxyl groups is 2. The van der Waals surface area contributed by atoms with Gasteiger partial charge in [-0.05, 0) is 24.3 Å². The van der Waals surface area contributed by atoms with E-state index >= 15 is 0 Å². The topological polar surface area (TPSA) is 187 Å². The van der Waals surface area contributed by atoms with E-state index in [1.807, 2.05) is 0 Å². The van der Waals surface area contributed by atoms with Gasteiger partial charge in [0.25, 0.3) is 0 Å². The van der Waals surface area contributed by atoms with Crippen LogP contribution in [0.25, 0.3) is 22.3 Å². The predicted octanol–water partition coefficient (Wildman–Crippen LogP) is 0.142.